The Labute approximate surface area is 163 Å². The summed E-state index contributed by atoms with van der Waals surface area (Å²) in [5.41, 5.74) is 1.28. The maximum atomic E-state index is 12.2. The molecule has 0 spiro atoms. The Hall–Kier alpha value is -2.32. The van der Waals surface area contributed by atoms with Gasteiger partial charge in [0.1, 0.15) is 5.69 Å². The van der Waals surface area contributed by atoms with Crippen LogP contribution < -0.4 is 20.1 Å². The van der Waals surface area contributed by atoms with Crippen LogP contribution in [0.1, 0.15) is 37.2 Å². The standard InChI is InChI=1S/C19H26N4O3S/c1-3-23(4-2)10-6-5-9-20-18(24)15-12-27-19(22-15)21-14-7-8-16-17(11-14)26-13-25-16/h7-8,11-12H,3-6,9-10,13H2,1-2H3,(H,20,24)(H,21,22). The van der Waals surface area contributed by atoms with Gasteiger partial charge < -0.3 is 25.0 Å². The molecule has 2 heterocycles. The monoisotopic (exact) mass is 390 g/mol. The van der Waals surface area contributed by atoms with E-state index in [0.29, 0.717) is 23.1 Å². The number of anilines is 2. The molecule has 1 amide bonds. The molecule has 2 N–H and O–H groups in total. The van der Waals surface area contributed by atoms with Crippen LogP contribution in [0.2, 0.25) is 0 Å². The van der Waals surface area contributed by atoms with Crippen molar-refractivity contribution in [1.82, 2.24) is 15.2 Å². The number of rotatable bonds is 10. The number of benzene rings is 1. The van der Waals surface area contributed by atoms with Crippen molar-refractivity contribution in [3.05, 3.63) is 29.3 Å². The van der Waals surface area contributed by atoms with Crippen molar-refractivity contribution < 1.29 is 14.3 Å². The molecule has 1 aliphatic rings. The molecule has 2 aromatic rings. The van der Waals surface area contributed by atoms with E-state index >= 15 is 0 Å². The number of thiazole rings is 1. The maximum Gasteiger partial charge on any atom is 0.270 e. The highest BCUT2D eigenvalue weighted by Gasteiger charge is 2.15. The second kappa shape index (κ2) is 9.57. The highest BCUT2D eigenvalue weighted by atomic mass is 32.1. The summed E-state index contributed by atoms with van der Waals surface area (Å²) in [7, 11) is 0. The van der Waals surface area contributed by atoms with Gasteiger partial charge in [-0.15, -0.1) is 11.3 Å². The number of hydrogen-bond acceptors (Lipinski definition) is 7. The van der Waals surface area contributed by atoms with Crippen LogP contribution in [0.25, 0.3) is 0 Å². The molecule has 7 nitrogen and oxygen atoms in total. The topological polar surface area (TPSA) is 75.7 Å². The first-order chi connectivity index (χ1) is 13.2. The predicted octanol–water partition coefficient (Wildman–Crippen LogP) is 3.47. The minimum atomic E-state index is -0.132. The maximum absolute atomic E-state index is 12.2. The summed E-state index contributed by atoms with van der Waals surface area (Å²) in [5.74, 6) is 1.31. The molecule has 27 heavy (non-hydrogen) atoms. The van der Waals surface area contributed by atoms with Crippen LogP contribution in [-0.4, -0.2) is 48.8 Å². The van der Waals surface area contributed by atoms with Crippen LogP contribution in [-0.2, 0) is 0 Å². The van der Waals surface area contributed by atoms with E-state index in [0.717, 1.165) is 43.9 Å². The van der Waals surface area contributed by atoms with E-state index in [1.807, 2.05) is 18.2 Å². The molecule has 0 atom stereocenters. The lowest BCUT2D eigenvalue weighted by Crippen LogP contribution is -2.27. The number of fused-ring (bicyclic) bond motifs is 1. The number of hydrogen-bond donors (Lipinski definition) is 2. The normalized spacial score (nSPS) is 12.4. The molecule has 0 fully saturated rings. The first-order valence-corrected chi connectivity index (χ1v) is 10.2. The summed E-state index contributed by atoms with van der Waals surface area (Å²) in [6.45, 7) is 8.47. The first-order valence-electron chi connectivity index (χ1n) is 9.32. The van der Waals surface area contributed by atoms with Gasteiger partial charge in [-0.05, 0) is 44.6 Å². The zero-order valence-corrected chi connectivity index (χ0v) is 16.6. The lowest BCUT2D eigenvalue weighted by Gasteiger charge is -2.17. The van der Waals surface area contributed by atoms with Crippen molar-refractivity contribution in [3.8, 4) is 11.5 Å². The second-order valence-corrected chi connectivity index (χ2v) is 7.08. The van der Waals surface area contributed by atoms with E-state index in [1.54, 1.807) is 5.38 Å². The third kappa shape index (κ3) is 5.33. The van der Waals surface area contributed by atoms with E-state index in [1.165, 1.54) is 11.3 Å². The molecule has 0 radical (unpaired) electrons. The van der Waals surface area contributed by atoms with Gasteiger partial charge in [0.25, 0.3) is 5.91 Å². The summed E-state index contributed by atoms with van der Waals surface area (Å²) in [4.78, 5) is 19.0. The molecule has 0 bridgehead atoms. The average molecular weight is 391 g/mol. The number of unbranched alkanes of at least 4 members (excludes halogenated alkanes) is 1. The Morgan fingerprint density at radius 3 is 2.85 bits per heavy atom. The molecule has 0 saturated heterocycles. The summed E-state index contributed by atoms with van der Waals surface area (Å²) < 4.78 is 10.7. The number of aromatic nitrogens is 1. The number of nitrogens with zero attached hydrogens (tertiary/aromatic N) is 2. The first kappa shape index (κ1) is 19.4. The molecular formula is C19H26N4O3S. The number of ether oxygens (including phenoxy) is 2. The molecule has 1 aromatic carbocycles. The van der Waals surface area contributed by atoms with Crippen molar-refractivity contribution in [1.29, 1.82) is 0 Å². The smallest absolute Gasteiger partial charge is 0.270 e. The Bertz CT molecular complexity index is 761. The molecule has 1 aromatic heterocycles. The van der Waals surface area contributed by atoms with E-state index in [2.05, 4.69) is 34.4 Å². The van der Waals surface area contributed by atoms with Gasteiger partial charge in [-0.25, -0.2) is 4.98 Å². The van der Waals surface area contributed by atoms with Crippen molar-refractivity contribution >= 4 is 28.1 Å². The summed E-state index contributed by atoms with van der Waals surface area (Å²) in [6.07, 6.45) is 2.05. The van der Waals surface area contributed by atoms with Gasteiger partial charge in [0.15, 0.2) is 16.6 Å². The summed E-state index contributed by atoms with van der Waals surface area (Å²) in [5, 5.41) is 8.57. The van der Waals surface area contributed by atoms with Gasteiger partial charge >= 0.3 is 0 Å². The van der Waals surface area contributed by atoms with E-state index in [9.17, 15) is 4.79 Å². The highest BCUT2D eigenvalue weighted by molar-refractivity contribution is 7.14. The molecule has 0 saturated carbocycles. The van der Waals surface area contributed by atoms with Gasteiger partial charge in [-0.1, -0.05) is 13.8 Å². The largest absolute Gasteiger partial charge is 0.454 e. The van der Waals surface area contributed by atoms with E-state index in [-0.39, 0.29) is 12.7 Å². The quantitative estimate of drug-likeness (QED) is 0.605. The second-order valence-electron chi connectivity index (χ2n) is 6.22. The Balaban J connectivity index is 1.44. The number of carbonyl (C=O) groups is 1. The van der Waals surface area contributed by atoms with Crippen LogP contribution >= 0.6 is 11.3 Å². The number of carbonyl (C=O) groups excluding carboxylic acids is 1. The lowest BCUT2D eigenvalue weighted by atomic mass is 10.3. The number of nitrogens with one attached hydrogen (secondary N) is 2. The third-order valence-corrected chi connectivity index (χ3v) is 5.20. The van der Waals surface area contributed by atoms with Crippen LogP contribution in [0.4, 0.5) is 10.8 Å². The van der Waals surface area contributed by atoms with Gasteiger partial charge in [-0.3, -0.25) is 4.79 Å². The highest BCUT2D eigenvalue weighted by Crippen LogP contribution is 2.35. The SMILES string of the molecule is CCN(CC)CCCCNC(=O)c1csc(Nc2ccc3c(c2)OCO3)n1. The average Bonchev–Trinajstić information content (AvgIpc) is 3.33. The molecule has 8 heteroatoms. The summed E-state index contributed by atoms with van der Waals surface area (Å²) >= 11 is 1.40. The van der Waals surface area contributed by atoms with Crippen molar-refractivity contribution in [2.45, 2.75) is 26.7 Å². The Kier molecular flexibility index (Phi) is 6.89. The van der Waals surface area contributed by atoms with E-state index < -0.39 is 0 Å². The van der Waals surface area contributed by atoms with Crippen molar-refractivity contribution in [3.63, 3.8) is 0 Å². The fourth-order valence-electron chi connectivity index (χ4n) is 2.83. The van der Waals surface area contributed by atoms with Gasteiger partial charge in [0, 0.05) is 23.7 Å². The Morgan fingerprint density at radius 1 is 1.22 bits per heavy atom. The molecule has 0 unspecified atom stereocenters. The molecular weight excluding hydrogens is 364 g/mol. The zero-order chi connectivity index (χ0) is 19.1. The molecule has 0 aliphatic carbocycles. The van der Waals surface area contributed by atoms with Gasteiger partial charge in [0.05, 0.1) is 0 Å². The van der Waals surface area contributed by atoms with Gasteiger partial charge in [-0.2, -0.15) is 0 Å². The molecule has 146 valence electrons. The third-order valence-electron chi connectivity index (χ3n) is 4.44. The van der Waals surface area contributed by atoms with Crippen LogP contribution in [0.3, 0.4) is 0 Å². The predicted molar refractivity (Wildman–Crippen MR) is 107 cm³/mol. The van der Waals surface area contributed by atoms with Crippen LogP contribution in [0.15, 0.2) is 23.6 Å². The fourth-order valence-corrected chi connectivity index (χ4v) is 3.54. The molecule has 3 rings (SSSR count). The minimum Gasteiger partial charge on any atom is -0.454 e. The van der Waals surface area contributed by atoms with Crippen molar-refractivity contribution in [2.75, 3.05) is 38.3 Å². The van der Waals surface area contributed by atoms with Crippen LogP contribution in [0.5, 0.6) is 11.5 Å². The Morgan fingerprint density at radius 2 is 2.04 bits per heavy atom. The number of amides is 1. The molecule has 1 aliphatic heterocycles. The summed E-state index contributed by atoms with van der Waals surface area (Å²) in [6, 6.07) is 5.61. The van der Waals surface area contributed by atoms with Crippen molar-refractivity contribution in [2.24, 2.45) is 0 Å². The zero-order valence-electron chi connectivity index (χ0n) is 15.8. The van der Waals surface area contributed by atoms with Crippen LogP contribution in [0, 0.1) is 0 Å². The lowest BCUT2D eigenvalue weighted by molar-refractivity contribution is 0.0948. The minimum absolute atomic E-state index is 0.132. The van der Waals surface area contributed by atoms with Gasteiger partial charge in [0.2, 0.25) is 6.79 Å². The fraction of sp³-hybridized carbons (Fsp3) is 0.474. The van der Waals surface area contributed by atoms with E-state index in [4.69, 9.17) is 9.47 Å².